The molecule has 8 heteroatoms. The number of rotatable bonds is 7. The fourth-order valence-corrected chi connectivity index (χ4v) is 7.03. The summed E-state index contributed by atoms with van der Waals surface area (Å²) in [6.45, 7) is 9.20. The van der Waals surface area contributed by atoms with Crippen molar-refractivity contribution in [3.05, 3.63) is 106 Å². The highest BCUT2D eigenvalue weighted by atomic mass is 35.5. The summed E-state index contributed by atoms with van der Waals surface area (Å²) in [6.07, 6.45) is 6.53. The van der Waals surface area contributed by atoms with Gasteiger partial charge in [-0.05, 0) is 108 Å². The van der Waals surface area contributed by atoms with Crippen molar-refractivity contribution in [3.8, 4) is 0 Å². The van der Waals surface area contributed by atoms with Crippen molar-refractivity contribution in [1.29, 1.82) is 0 Å². The summed E-state index contributed by atoms with van der Waals surface area (Å²) < 4.78 is 27.6. The van der Waals surface area contributed by atoms with E-state index < -0.39 is 15.9 Å². The molecule has 220 valence electrons. The SMILES string of the molecule is Cc1cc(S(=O)(=O)NC(=O)c2ccc(C3=CCN(CC4=C(c5ccc(Cl)cc5)CCC(C)(C)C4)CC3)cc2)ccc1N. The second kappa shape index (κ2) is 12.1. The number of benzene rings is 3. The van der Waals surface area contributed by atoms with Crippen molar-refractivity contribution in [3.63, 3.8) is 0 Å². The average Bonchev–Trinajstić information content (AvgIpc) is 2.95. The Hall–Kier alpha value is -3.39. The molecule has 0 atom stereocenters. The Bertz CT molecular complexity index is 1660. The van der Waals surface area contributed by atoms with Gasteiger partial charge in [0, 0.05) is 35.9 Å². The molecule has 0 radical (unpaired) electrons. The minimum atomic E-state index is -4.01. The van der Waals surface area contributed by atoms with E-state index in [2.05, 4.69) is 41.7 Å². The Morgan fingerprint density at radius 2 is 1.69 bits per heavy atom. The van der Waals surface area contributed by atoms with E-state index in [1.54, 1.807) is 19.1 Å². The highest BCUT2D eigenvalue weighted by molar-refractivity contribution is 7.90. The fourth-order valence-electron chi connectivity index (χ4n) is 5.84. The predicted molar refractivity (Wildman–Crippen MR) is 172 cm³/mol. The number of nitrogens with zero attached hydrogens (tertiary/aromatic N) is 1. The van der Waals surface area contributed by atoms with Crippen LogP contribution in [0, 0.1) is 12.3 Å². The summed E-state index contributed by atoms with van der Waals surface area (Å²) >= 11 is 6.16. The highest BCUT2D eigenvalue weighted by Crippen LogP contribution is 2.43. The Morgan fingerprint density at radius 3 is 2.33 bits per heavy atom. The number of carbonyl (C=O) groups is 1. The Kier molecular flexibility index (Phi) is 8.65. The van der Waals surface area contributed by atoms with E-state index in [0.717, 1.165) is 49.5 Å². The molecular weight excluding hydrogens is 566 g/mol. The number of nitrogens with two attached hydrogens (primary N) is 1. The minimum absolute atomic E-state index is 0.00363. The van der Waals surface area contributed by atoms with Crippen molar-refractivity contribution in [1.82, 2.24) is 9.62 Å². The number of halogens is 1. The summed E-state index contributed by atoms with van der Waals surface area (Å²) in [7, 11) is -4.01. The van der Waals surface area contributed by atoms with Gasteiger partial charge in [0.05, 0.1) is 4.90 Å². The maximum atomic E-state index is 12.7. The first kappa shape index (κ1) is 30.1. The van der Waals surface area contributed by atoms with E-state index in [9.17, 15) is 13.2 Å². The monoisotopic (exact) mass is 603 g/mol. The molecule has 0 bridgehead atoms. The molecule has 0 saturated heterocycles. The lowest BCUT2D eigenvalue weighted by Crippen LogP contribution is -2.33. The highest BCUT2D eigenvalue weighted by Gasteiger charge is 2.29. The van der Waals surface area contributed by atoms with Crippen molar-refractivity contribution in [2.45, 2.75) is 51.3 Å². The van der Waals surface area contributed by atoms with E-state index in [1.165, 1.54) is 46.9 Å². The smallest absolute Gasteiger partial charge is 0.264 e. The molecular formula is C34H38ClN3O3S. The van der Waals surface area contributed by atoms with Gasteiger partial charge in [-0.25, -0.2) is 13.1 Å². The van der Waals surface area contributed by atoms with Gasteiger partial charge in [-0.2, -0.15) is 0 Å². The van der Waals surface area contributed by atoms with E-state index >= 15 is 0 Å². The molecule has 1 heterocycles. The molecule has 1 aliphatic carbocycles. The molecule has 0 unspecified atom stereocenters. The third-order valence-corrected chi connectivity index (χ3v) is 9.95. The number of amides is 1. The molecule has 0 spiro atoms. The number of hydrogen-bond acceptors (Lipinski definition) is 5. The zero-order chi connectivity index (χ0) is 30.1. The van der Waals surface area contributed by atoms with E-state index in [4.69, 9.17) is 17.3 Å². The number of sulfonamides is 1. The molecule has 0 fully saturated rings. The Morgan fingerprint density at radius 1 is 1.00 bits per heavy atom. The number of hydrogen-bond donors (Lipinski definition) is 2. The lowest BCUT2D eigenvalue weighted by Gasteiger charge is -2.36. The van der Waals surface area contributed by atoms with Crippen LogP contribution in [0.3, 0.4) is 0 Å². The van der Waals surface area contributed by atoms with Gasteiger partial charge < -0.3 is 5.73 Å². The first-order valence-corrected chi connectivity index (χ1v) is 16.2. The number of nitrogen functional groups attached to an aromatic ring is 1. The molecule has 2 aliphatic rings. The van der Waals surface area contributed by atoms with Crippen LogP contribution in [-0.2, 0) is 10.0 Å². The van der Waals surface area contributed by atoms with Crippen molar-refractivity contribution in [2.75, 3.05) is 25.4 Å². The van der Waals surface area contributed by atoms with Gasteiger partial charge >= 0.3 is 0 Å². The Labute approximate surface area is 254 Å². The van der Waals surface area contributed by atoms with Crippen LogP contribution in [0.4, 0.5) is 5.69 Å². The van der Waals surface area contributed by atoms with Gasteiger partial charge in [0.15, 0.2) is 0 Å². The van der Waals surface area contributed by atoms with E-state index in [-0.39, 0.29) is 10.5 Å². The largest absolute Gasteiger partial charge is 0.399 e. The molecule has 6 nitrogen and oxygen atoms in total. The maximum absolute atomic E-state index is 12.7. The second-order valence-electron chi connectivity index (χ2n) is 12.2. The lowest BCUT2D eigenvalue weighted by molar-refractivity contribution is 0.0981. The molecule has 0 aromatic heterocycles. The quantitative estimate of drug-likeness (QED) is 0.281. The molecule has 0 saturated carbocycles. The van der Waals surface area contributed by atoms with Gasteiger partial charge in [-0.1, -0.05) is 61.4 Å². The van der Waals surface area contributed by atoms with Crippen LogP contribution in [0.25, 0.3) is 11.1 Å². The zero-order valence-electron chi connectivity index (χ0n) is 24.4. The van der Waals surface area contributed by atoms with Gasteiger partial charge in [0.1, 0.15) is 0 Å². The van der Waals surface area contributed by atoms with Crippen molar-refractivity contribution in [2.24, 2.45) is 5.41 Å². The van der Waals surface area contributed by atoms with Crippen molar-refractivity contribution >= 4 is 44.4 Å². The third kappa shape index (κ3) is 6.97. The summed E-state index contributed by atoms with van der Waals surface area (Å²) in [4.78, 5) is 15.3. The lowest BCUT2D eigenvalue weighted by atomic mass is 9.72. The standard InChI is InChI=1S/C34H38ClN3O3S/c1-23-20-30(12-13-32(23)36)42(40,41)37-33(39)27-6-4-24(5-7-27)25-15-18-38(19-16-25)22-28-21-34(2,3)17-14-31(28)26-8-10-29(35)11-9-26/h4-13,15,20H,14,16-19,21-22,36H2,1-3H3,(H,37,39). The molecule has 5 rings (SSSR count). The first-order valence-electron chi connectivity index (χ1n) is 14.3. The van der Waals surface area contributed by atoms with E-state index in [0.29, 0.717) is 16.7 Å². The molecule has 42 heavy (non-hydrogen) atoms. The number of nitrogens with one attached hydrogen (secondary N) is 1. The van der Waals surface area contributed by atoms with Crippen LogP contribution in [0.15, 0.2) is 83.3 Å². The van der Waals surface area contributed by atoms with Crippen LogP contribution >= 0.6 is 11.6 Å². The number of aryl methyl sites for hydroxylation is 1. The number of allylic oxidation sites excluding steroid dienone is 1. The molecule has 3 aromatic rings. The fraction of sp³-hybridized carbons (Fsp3) is 0.324. The maximum Gasteiger partial charge on any atom is 0.264 e. The van der Waals surface area contributed by atoms with Gasteiger partial charge in [0.25, 0.3) is 15.9 Å². The number of anilines is 1. The molecule has 3 aromatic carbocycles. The average molecular weight is 604 g/mol. The topological polar surface area (TPSA) is 92.5 Å². The Balaban J connectivity index is 1.24. The summed E-state index contributed by atoms with van der Waals surface area (Å²) in [5.74, 6) is -0.667. The third-order valence-electron chi connectivity index (χ3n) is 8.37. The summed E-state index contributed by atoms with van der Waals surface area (Å²) in [6, 6.07) is 19.7. The zero-order valence-corrected chi connectivity index (χ0v) is 26.0. The van der Waals surface area contributed by atoms with Gasteiger partial charge in [-0.15, -0.1) is 0 Å². The van der Waals surface area contributed by atoms with Crippen molar-refractivity contribution < 1.29 is 13.2 Å². The van der Waals surface area contributed by atoms with Crippen LogP contribution in [0.1, 0.15) is 66.6 Å². The first-order chi connectivity index (χ1) is 19.9. The van der Waals surface area contributed by atoms with E-state index in [1.807, 2.05) is 24.3 Å². The summed E-state index contributed by atoms with van der Waals surface area (Å²) in [5, 5.41) is 0.762. The van der Waals surface area contributed by atoms with Crippen LogP contribution in [-0.4, -0.2) is 38.9 Å². The summed E-state index contributed by atoms with van der Waals surface area (Å²) in [5.41, 5.74) is 14.0. The normalized spacial score (nSPS) is 17.6. The molecule has 1 aliphatic heterocycles. The van der Waals surface area contributed by atoms with Crippen LogP contribution < -0.4 is 10.5 Å². The molecule has 1 amide bonds. The minimum Gasteiger partial charge on any atom is -0.399 e. The van der Waals surface area contributed by atoms with Crippen LogP contribution in [0.2, 0.25) is 5.02 Å². The second-order valence-corrected chi connectivity index (χ2v) is 14.3. The van der Waals surface area contributed by atoms with Gasteiger partial charge in [-0.3, -0.25) is 9.69 Å². The number of carbonyl (C=O) groups excluding carboxylic acids is 1. The van der Waals surface area contributed by atoms with Crippen LogP contribution in [0.5, 0.6) is 0 Å². The predicted octanol–water partition coefficient (Wildman–Crippen LogP) is 7.10. The molecule has 3 N–H and O–H groups in total. The van der Waals surface area contributed by atoms with Gasteiger partial charge in [0.2, 0.25) is 0 Å².